The smallest absolute Gasteiger partial charge is 0.229 e. The molecule has 1 heterocycles. The molecule has 0 fully saturated rings. The summed E-state index contributed by atoms with van der Waals surface area (Å²) in [5, 5.41) is 17.0. The molecule has 158 valence electrons. The average molecular weight is 422 g/mol. The molecule has 6 heteroatoms. The molecule has 4 aromatic rings. The summed E-state index contributed by atoms with van der Waals surface area (Å²) in [4.78, 5) is 6.47. The van der Waals surface area contributed by atoms with Gasteiger partial charge in [-0.2, -0.15) is 4.98 Å². The molecule has 0 amide bonds. The fourth-order valence-corrected chi connectivity index (χ4v) is 3.66. The van der Waals surface area contributed by atoms with E-state index in [4.69, 9.17) is 15.6 Å². The first-order valence-electron chi connectivity index (χ1n) is 10.1. The molecule has 0 aliphatic heterocycles. The molecule has 1 aromatic heterocycles. The predicted molar refractivity (Wildman–Crippen MR) is 129 cm³/mol. The molecular formula is C26H23N5O. The van der Waals surface area contributed by atoms with E-state index in [0.29, 0.717) is 11.3 Å². The highest BCUT2D eigenvalue weighted by atomic mass is 16.5. The molecule has 0 saturated heterocycles. The third-order valence-electron chi connectivity index (χ3n) is 5.31. The van der Waals surface area contributed by atoms with Gasteiger partial charge in [0.1, 0.15) is 11.6 Å². The summed E-state index contributed by atoms with van der Waals surface area (Å²) < 4.78 is 6.70. The van der Waals surface area contributed by atoms with Crippen LogP contribution in [0.15, 0.2) is 66.7 Å². The molecule has 0 saturated carbocycles. The van der Waals surface area contributed by atoms with Gasteiger partial charge in [-0.1, -0.05) is 30.2 Å². The maximum Gasteiger partial charge on any atom is 0.229 e. The van der Waals surface area contributed by atoms with Gasteiger partial charge < -0.3 is 9.64 Å². The number of hydrogen-bond acceptors (Lipinski definition) is 5. The van der Waals surface area contributed by atoms with Gasteiger partial charge in [-0.15, -0.1) is 5.92 Å². The van der Waals surface area contributed by atoms with Gasteiger partial charge in [0.05, 0.1) is 19.0 Å². The number of fused-ring (bicyclic) bond motifs is 1. The highest BCUT2D eigenvalue weighted by Gasteiger charge is 2.14. The Balaban J connectivity index is 1.83. The van der Waals surface area contributed by atoms with Crippen molar-refractivity contribution in [2.45, 2.75) is 6.92 Å². The zero-order valence-corrected chi connectivity index (χ0v) is 18.2. The third kappa shape index (κ3) is 3.84. The third-order valence-corrected chi connectivity index (χ3v) is 5.31. The lowest BCUT2D eigenvalue weighted by atomic mass is 10.0. The molecule has 0 aliphatic rings. The Labute approximate surface area is 186 Å². The van der Waals surface area contributed by atoms with Crippen LogP contribution in [0.2, 0.25) is 0 Å². The van der Waals surface area contributed by atoms with E-state index in [-0.39, 0.29) is 5.62 Å². The van der Waals surface area contributed by atoms with Gasteiger partial charge in [-0.25, -0.2) is 0 Å². The molecule has 0 radical (unpaired) electrons. The second-order valence-corrected chi connectivity index (χ2v) is 7.20. The topological polar surface area (TPSA) is 78.0 Å². The largest absolute Gasteiger partial charge is 0.497 e. The first kappa shape index (κ1) is 20.9. The highest BCUT2D eigenvalue weighted by molar-refractivity contribution is 5.95. The Kier molecular flexibility index (Phi) is 5.73. The monoisotopic (exact) mass is 421 g/mol. The minimum Gasteiger partial charge on any atom is -0.497 e. The van der Waals surface area contributed by atoms with Gasteiger partial charge >= 0.3 is 0 Å². The molecule has 0 atom stereocenters. The first-order chi connectivity index (χ1) is 15.5. The quantitative estimate of drug-likeness (QED) is 0.276. The minimum atomic E-state index is -0.0118. The van der Waals surface area contributed by atoms with Crippen molar-refractivity contribution in [3.05, 3.63) is 77.9 Å². The number of methoxy groups -OCH3 is 1. The second-order valence-electron chi connectivity index (χ2n) is 7.20. The van der Waals surface area contributed by atoms with Gasteiger partial charge in [-0.3, -0.25) is 15.4 Å². The van der Waals surface area contributed by atoms with Gasteiger partial charge in [0, 0.05) is 23.7 Å². The summed E-state index contributed by atoms with van der Waals surface area (Å²) in [5.74, 6) is 7.40. The standard InChI is InChI=1S/C26H23N5O/c1-4-6-18-9-14-23-24(15-18)31(17-27)26(28)29-25(23)30(2)21-8-5-7-20(16-21)19-10-12-22(32-3)13-11-19/h5,7-17,27-28H,1-3H3. The Morgan fingerprint density at radius 2 is 1.81 bits per heavy atom. The molecule has 0 unspecified atom stereocenters. The zero-order chi connectivity index (χ0) is 22.7. The number of benzene rings is 3. The van der Waals surface area contributed by atoms with E-state index in [2.05, 4.69) is 29.0 Å². The molecular weight excluding hydrogens is 398 g/mol. The van der Waals surface area contributed by atoms with Crippen molar-refractivity contribution >= 4 is 28.7 Å². The lowest BCUT2D eigenvalue weighted by Crippen LogP contribution is -2.26. The van der Waals surface area contributed by atoms with Crippen molar-refractivity contribution in [1.29, 1.82) is 10.8 Å². The van der Waals surface area contributed by atoms with Crippen LogP contribution in [-0.2, 0) is 0 Å². The van der Waals surface area contributed by atoms with E-state index < -0.39 is 0 Å². The van der Waals surface area contributed by atoms with Crippen molar-refractivity contribution < 1.29 is 4.74 Å². The van der Waals surface area contributed by atoms with E-state index in [1.807, 2.05) is 66.5 Å². The SMILES string of the molecule is CC#Cc1ccc2c(N(C)c3cccc(-c4ccc(OC)cc4)c3)nc(=N)n(C=N)c2c1. The number of ether oxygens (including phenoxy) is 1. The summed E-state index contributed by atoms with van der Waals surface area (Å²) in [7, 11) is 3.59. The average Bonchev–Trinajstić information content (AvgIpc) is 2.83. The number of nitrogens with one attached hydrogen (secondary N) is 2. The van der Waals surface area contributed by atoms with Crippen LogP contribution >= 0.6 is 0 Å². The van der Waals surface area contributed by atoms with Crippen LogP contribution in [0.1, 0.15) is 12.5 Å². The van der Waals surface area contributed by atoms with Crippen LogP contribution in [0.25, 0.3) is 22.0 Å². The predicted octanol–water partition coefficient (Wildman–Crippen LogP) is 4.79. The fourth-order valence-electron chi connectivity index (χ4n) is 3.66. The van der Waals surface area contributed by atoms with E-state index >= 15 is 0 Å². The van der Waals surface area contributed by atoms with Crippen molar-refractivity contribution in [3.8, 4) is 28.7 Å². The number of anilines is 2. The maximum absolute atomic E-state index is 8.36. The van der Waals surface area contributed by atoms with E-state index in [1.54, 1.807) is 14.0 Å². The number of aromatic nitrogens is 2. The zero-order valence-electron chi connectivity index (χ0n) is 18.2. The van der Waals surface area contributed by atoms with E-state index in [0.717, 1.165) is 39.9 Å². The van der Waals surface area contributed by atoms with Crippen LogP contribution in [0.3, 0.4) is 0 Å². The Bertz CT molecular complexity index is 1430. The fraction of sp³-hybridized carbons (Fsp3) is 0.115. The van der Waals surface area contributed by atoms with Crippen molar-refractivity contribution in [3.63, 3.8) is 0 Å². The normalized spacial score (nSPS) is 10.3. The lowest BCUT2D eigenvalue weighted by molar-refractivity contribution is 0.415. The van der Waals surface area contributed by atoms with Crippen molar-refractivity contribution in [1.82, 2.24) is 9.55 Å². The van der Waals surface area contributed by atoms with Crippen LogP contribution in [-0.4, -0.2) is 30.0 Å². The number of hydrogen-bond donors (Lipinski definition) is 2. The van der Waals surface area contributed by atoms with Crippen LogP contribution in [0.4, 0.5) is 11.5 Å². The van der Waals surface area contributed by atoms with Gasteiger partial charge in [-0.05, 0) is 60.5 Å². The van der Waals surface area contributed by atoms with Crippen LogP contribution < -0.4 is 15.3 Å². The molecule has 4 rings (SSSR count). The summed E-state index contributed by atoms with van der Waals surface area (Å²) in [6.07, 6.45) is 1.11. The Morgan fingerprint density at radius 3 is 2.50 bits per heavy atom. The maximum atomic E-state index is 8.36. The Morgan fingerprint density at radius 1 is 1.03 bits per heavy atom. The molecule has 0 aliphatic carbocycles. The van der Waals surface area contributed by atoms with Gasteiger partial charge in [0.15, 0.2) is 0 Å². The van der Waals surface area contributed by atoms with Crippen LogP contribution in [0.5, 0.6) is 5.75 Å². The second kappa shape index (κ2) is 8.78. The Hall–Kier alpha value is -4.37. The van der Waals surface area contributed by atoms with E-state index in [1.165, 1.54) is 4.57 Å². The minimum absolute atomic E-state index is 0.0118. The number of rotatable bonds is 5. The van der Waals surface area contributed by atoms with Crippen LogP contribution in [0, 0.1) is 22.7 Å². The summed E-state index contributed by atoms with van der Waals surface area (Å²) >= 11 is 0. The molecule has 0 spiro atoms. The lowest BCUT2D eigenvalue weighted by Gasteiger charge is -2.22. The van der Waals surface area contributed by atoms with Gasteiger partial charge in [0.25, 0.3) is 0 Å². The van der Waals surface area contributed by atoms with Gasteiger partial charge in [0.2, 0.25) is 5.62 Å². The van der Waals surface area contributed by atoms with Crippen molar-refractivity contribution in [2.75, 3.05) is 19.1 Å². The summed E-state index contributed by atoms with van der Waals surface area (Å²) in [5.41, 5.74) is 4.62. The molecule has 32 heavy (non-hydrogen) atoms. The number of nitrogens with zero attached hydrogens (tertiary/aromatic N) is 3. The van der Waals surface area contributed by atoms with Crippen molar-refractivity contribution in [2.24, 2.45) is 0 Å². The molecule has 0 bridgehead atoms. The van der Waals surface area contributed by atoms with E-state index in [9.17, 15) is 0 Å². The molecule has 6 nitrogen and oxygen atoms in total. The molecule has 2 N–H and O–H groups in total. The highest BCUT2D eigenvalue weighted by Crippen LogP contribution is 2.31. The summed E-state index contributed by atoms with van der Waals surface area (Å²) in [6.45, 7) is 1.78. The molecule has 3 aromatic carbocycles. The first-order valence-corrected chi connectivity index (χ1v) is 10.1. The summed E-state index contributed by atoms with van der Waals surface area (Å²) in [6, 6.07) is 21.9.